The van der Waals surface area contributed by atoms with Gasteiger partial charge in [-0.2, -0.15) is 0 Å². The van der Waals surface area contributed by atoms with Gasteiger partial charge >= 0.3 is 0 Å². The first-order valence-electron chi connectivity index (χ1n) is 8.31. The second kappa shape index (κ2) is 7.14. The number of ether oxygens (including phenoxy) is 1. The van der Waals surface area contributed by atoms with E-state index in [1.54, 1.807) is 12.1 Å². The fraction of sp³-hybridized carbons (Fsp3) is 0.350. The van der Waals surface area contributed by atoms with Crippen LogP contribution in [0.4, 0.5) is 4.39 Å². The second-order valence-electron chi connectivity index (χ2n) is 6.31. The number of rotatable bonds is 4. The summed E-state index contributed by atoms with van der Waals surface area (Å²) in [7, 11) is 0. The number of carbonyl (C=O) groups is 1. The Labute approximate surface area is 141 Å². The largest absolute Gasteiger partial charge is 0.381 e. The fourth-order valence-corrected chi connectivity index (χ4v) is 3.29. The molecule has 1 heterocycles. The predicted molar refractivity (Wildman–Crippen MR) is 91.1 cm³/mol. The van der Waals surface area contributed by atoms with Gasteiger partial charge in [-0.15, -0.1) is 0 Å². The summed E-state index contributed by atoms with van der Waals surface area (Å²) in [6.07, 6.45) is 1.33. The van der Waals surface area contributed by atoms with Crippen molar-refractivity contribution in [1.82, 2.24) is 5.32 Å². The SMILES string of the molecule is CC(NC(=O)C1(c2ccccc2)CCOCC1)c1ccc(F)cc1. The van der Waals surface area contributed by atoms with Crippen LogP contribution in [0.5, 0.6) is 0 Å². The number of nitrogens with one attached hydrogen (secondary N) is 1. The highest BCUT2D eigenvalue weighted by Crippen LogP contribution is 2.35. The van der Waals surface area contributed by atoms with Crippen LogP contribution >= 0.6 is 0 Å². The standard InChI is InChI=1S/C20H22FNO2/c1-15(16-7-9-18(21)10-8-16)22-19(23)20(11-13-24-14-12-20)17-5-3-2-4-6-17/h2-10,15H,11-14H2,1H3,(H,22,23). The van der Waals surface area contributed by atoms with Gasteiger partial charge in [0.1, 0.15) is 5.82 Å². The highest BCUT2D eigenvalue weighted by atomic mass is 19.1. The monoisotopic (exact) mass is 327 g/mol. The smallest absolute Gasteiger partial charge is 0.231 e. The van der Waals surface area contributed by atoms with Crippen LogP contribution in [0.25, 0.3) is 0 Å². The summed E-state index contributed by atoms with van der Waals surface area (Å²) in [5.74, 6) is -0.267. The lowest BCUT2D eigenvalue weighted by Crippen LogP contribution is -2.48. The molecular formula is C20H22FNO2. The highest BCUT2D eigenvalue weighted by molar-refractivity contribution is 5.88. The Bertz CT molecular complexity index is 679. The van der Waals surface area contributed by atoms with Gasteiger partial charge in [-0.05, 0) is 43.0 Å². The molecule has 1 aliphatic rings. The summed E-state index contributed by atoms with van der Waals surface area (Å²) in [4.78, 5) is 13.1. The highest BCUT2D eigenvalue weighted by Gasteiger charge is 2.42. The molecular weight excluding hydrogens is 305 g/mol. The first kappa shape index (κ1) is 16.7. The van der Waals surface area contributed by atoms with Crippen LogP contribution in [0.1, 0.15) is 36.9 Å². The maximum absolute atomic E-state index is 13.1. The number of carbonyl (C=O) groups excluding carboxylic acids is 1. The normalized spacial score (nSPS) is 17.9. The third kappa shape index (κ3) is 3.34. The van der Waals surface area contributed by atoms with E-state index in [2.05, 4.69) is 5.32 Å². The third-order valence-electron chi connectivity index (χ3n) is 4.82. The van der Waals surface area contributed by atoms with Crippen molar-refractivity contribution in [3.05, 3.63) is 71.5 Å². The Morgan fingerprint density at radius 2 is 1.71 bits per heavy atom. The fourth-order valence-electron chi connectivity index (χ4n) is 3.29. The van der Waals surface area contributed by atoms with Crippen molar-refractivity contribution < 1.29 is 13.9 Å². The molecule has 0 saturated carbocycles. The van der Waals surface area contributed by atoms with E-state index in [4.69, 9.17) is 4.74 Å². The minimum absolute atomic E-state index is 0.00817. The first-order valence-corrected chi connectivity index (χ1v) is 8.31. The van der Waals surface area contributed by atoms with Crippen molar-refractivity contribution in [1.29, 1.82) is 0 Å². The molecule has 126 valence electrons. The molecule has 1 saturated heterocycles. The van der Waals surface area contributed by atoms with E-state index in [0.717, 1.165) is 11.1 Å². The van der Waals surface area contributed by atoms with E-state index in [1.807, 2.05) is 37.3 Å². The number of benzene rings is 2. The lowest BCUT2D eigenvalue weighted by molar-refractivity contribution is -0.131. The molecule has 0 aliphatic carbocycles. The molecule has 2 aromatic rings. The summed E-state index contributed by atoms with van der Waals surface area (Å²) < 4.78 is 18.6. The molecule has 0 radical (unpaired) electrons. The average molecular weight is 327 g/mol. The zero-order valence-electron chi connectivity index (χ0n) is 13.8. The van der Waals surface area contributed by atoms with Gasteiger partial charge in [-0.25, -0.2) is 4.39 Å². The Kier molecular flexibility index (Phi) is 4.95. The minimum Gasteiger partial charge on any atom is -0.381 e. The van der Waals surface area contributed by atoms with Crippen LogP contribution in [-0.2, 0) is 14.9 Å². The van der Waals surface area contributed by atoms with Gasteiger partial charge in [0.2, 0.25) is 5.91 Å². The number of hydrogen-bond donors (Lipinski definition) is 1. The van der Waals surface area contributed by atoms with Crippen molar-refractivity contribution in [2.75, 3.05) is 13.2 Å². The van der Waals surface area contributed by atoms with Crippen molar-refractivity contribution in [3.8, 4) is 0 Å². The van der Waals surface area contributed by atoms with E-state index in [9.17, 15) is 9.18 Å². The van der Waals surface area contributed by atoms with Gasteiger partial charge in [0.25, 0.3) is 0 Å². The molecule has 1 amide bonds. The van der Waals surface area contributed by atoms with Crippen molar-refractivity contribution >= 4 is 5.91 Å². The van der Waals surface area contributed by atoms with E-state index < -0.39 is 5.41 Å². The molecule has 1 fully saturated rings. The number of halogens is 1. The Morgan fingerprint density at radius 1 is 1.08 bits per heavy atom. The average Bonchev–Trinajstić information content (AvgIpc) is 2.63. The summed E-state index contributed by atoms with van der Waals surface area (Å²) in [5, 5.41) is 3.11. The van der Waals surface area contributed by atoms with Crippen molar-refractivity contribution in [3.63, 3.8) is 0 Å². The topological polar surface area (TPSA) is 38.3 Å². The van der Waals surface area contributed by atoms with Crippen LogP contribution in [-0.4, -0.2) is 19.1 Å². The summed E-state index contributed by atoms with van der Waals surface area (Å²) in [5.41, 5.74) is 1.35. The van der Waals surface area contributed by atoms with Gasteiger partial charge in [-0.3, -0.25) is 4.79 Å². The van der Waals surface area contributed by atoms with Crippen molar-refractivity contribution in [2.45, 2.75) is 31.2 Å². The first-order chi connectivity index (χ1) is 11.6. The van der Waals surface area contributed by atoms with E-state index >= 15 is 0 Å². The quantitative estimate of drug-likeness (QED) is 0.929. The summed E-state index contributed by atoms with van der Waals surface area (Å²) in [6.45, 7) is 3.07. The second-order valence-corrected chi connectivity index (χ2v) is 6.31. The molecule has 3 rings (SSSR count). The number of hydrogen-bond acceptors (Lipinski definition) is 2. The molecule has 1 N–H and O–H groups in total. The van der Waals surface area contributed by atoms with E-state index in [0.29, 0.717) is 26.1 Å². The Balaban J connectivity index is 1.83. The van der Waals surface area contributed by atoms with Crippen molar-refractivity contribution in [2.24, 2.45) is 0 Å². The minimum atomic E-state index is -0.562. The maximum Gasteiger partial charge on any atom is 0.231 e. The molecule has 1 unspecified atom stereocenters. The van der Waals surface area contributed by atoms with Crippen LogP contribution in [0.15, 0.2) is 54.6 Å². The molecule has 0 bridgehead atoms. The van der Waals surface area contributed by atoms with Gasteiger partial charge in [-0.1, -0.05) is 42.5 Å². The molecule has 3 nitrogen and oxygen atoms in total. The third-order valence-corrected chi connectivity index (χ3v) is 4.82. The molecule has 4 heteroatoms. The van der Waals surface area contributed by atoms with E-state index in [-0.39, 0.29) is 17.8 Å². The molecule has 1 aliphatic heterocycles. The zero-order chi connectivity index (χ0) is 17.0. The van der Waals surface area contributed by atoms with Gasteiger partial charge in [0, 0.05) is 13.2 Å². The Morgan fingerprint density at radius 3 is 2.33 bits per heavy atom. The van der Waals surface area contributed by atoms with Gasteiger partial charge < -0.3 is 10.1 Å². The maximum atomic E-state index is 13.1. The zero-order valence-corrected chi connectivity index (χ0v) is 13.8. The lowest BCUT2D eigenvalue weighted by atomic mass is 9.73. The predicted octanol–water partition coefficient (Wildman–Crippen LogP) is 3.75. The molecule has 0 aromatic heterocycles. The van der Waals surface area contributed by atoms with Crippen LogP contribution in [0, 0.1) is 5.82 Å². The summed E-state index contributed by atoms with van der Waals surface area (Å²) >= 11 is 0. The molecule has 0 spiro atoms. The molecule has 24 heavy (non-hydrogen) atoms. The summed E-state index contributed by atoms with van der Waals surface area (Å²) in [6, 6.07) is 16.0. The van der Waals surface area contributed by atoms with Gasteiger partial charge in [0.15, 0.2) is 0 Å². The van der Waals surface area contributed by atoms with Crippen LogP contribution in [0.3, 0.4) is 0 Å². The van der Waals surface area contributed by atoms with Gasteiger partial charge in [0.05, 0.1) is 11.5 Å². The van der Waals surface area contributed by atoms with Crippen LogP contribution in [0.2, 0.25) is 0 Å². The molecule has 1 atom stereocenters. The molecule has 2 aromatic carbocycles. The number of amides is 1. The van der Waals surface area contributed by atoms with E-state index in [1.165, 1.54) is 12.1 Å². The Hall–Kier alpha value is -2.20. The van der Waals surface area contributed by atoms with Crippen LogP contribution < -0.4 is 5.32 Å². The lowest BCUT2D eigenvalue weighted by Gasteiger charge is -2.37.